The lowest BCUT2D eigenvalue weighted by Gasteiger charge is -2.27. The number of aryl methyl sites for hydroxylation is 3. The molecule has 2 rings (SSSR count). The Labute approximate surface area is 139 Å². The molecular weight excluding hydrogens is 347 g/mol. The van der Waals surface area contributed by atoms with Crippen LogP contribution in [-0.2, 0) is 16.9 Å². The minimum absolute atomic E-state index is 0.0369. The summed E-state index contributed by atoms with van der Waals surface area (Å²) in [5, 5.41) is 17.0. The van der Waals surface area contributed by atoms with Crippen LogP contribution in [0.25, 0.3) is 0 Å². The highest BCUT2D eigenvalue weighted by Crippen LogP contribution is 2.42. The van der Waals surface area contributed by atoms with Gasteiger partial charge in [0.05, 0.1) is 12.1 Å². The number of aromatic nitrogens is 2. The molecule has 1 unspecified atom stereocenters. The molecule has 0 aromatic carbocycles. The number of rotatable bonds is 5. The molecule has 1 amide bonds. The second kappa shape index (κ2) is 6.52. The van der Waals surface area contributed by atoms with Crippen molar-refractivity contribution in [1.82, 2.24) is 15.5 Å². The third-order valence-corrected chi connectivity index (χ3v) is 4.61. The third-order valence-electron chi connectivity index (χ3n) is 3.50. The molecule has 0 radical (unpaired) electrons. The van der Waals surface area contributed by atoms with Gasteiger partial charge in [0.1, 0.15) is 10.8 Å². The van der Waals surface area contributed by atoms with Crippen molar-refractivity contribution in [1.29, 1.82) is 0 Å². The highest BCUT2D eigenvalue weighted by Gasteiger charge is 2.58. The van der Waals surface area contributed by atoms with Crippen molar-refractivity contribution in [2.24, 2.45) is 0 Å². The smallest absolute Gasteiger partial charge is 0.374 e. The van der Waals surface area contributed by atoms with Gasteiger partial charge in [-0.25, -0.2) is 4.98 Å². The summed E-state index contributed by atoms with van der Waals surface area (Å²) in [5.74, 6) is -0.489. The van der Waals surface area contributed by atoms with E-state index < -0.39 is 29.1 Å². The van der Waals surface area contributed by atoms with Crippen LogP contribution in [0.4, 0.5) is 13.2 Å². The van der Waals surface area contributed by atoms with E-state index in [9.17, 15) is 23.1 Å². The SMILES string of the molecule is Cc1csc(C(O)(CC(=O)NCc2c(C)noc2C)C(F)(F)F)n1. The molecule has 2 heterocycles. The number of alkyl halides is 3. The molecule has 0 bridgehead atoms. The minimum atomic E-state index is -5.03. The Balaban J connectivity index is 2.14. The van der Waals surface area contributed by atoms with E-state index in [0.29, 0.717) is 34.0 Å². The fourth-order valence-electron chi connectivity index (χ4n) is 2.08. The van der Waals surface area contributed by atoms with E-state index in [2.05, 4.69) is 15.5 Å². The Morgan fingerprint density at radius 3 is 2.50 bits per heavy atom. The predicted octanol–water partition coefficient (Wildman–Crippen LogP) is 2.51. The van der Waals surface area contributed by atoms with Crippen molar-refractivity contribution in [3.05, 3.63) is 33.1 Å². The van der Waals surface area contributed by atoms with Gasteiger partial charge in [-0.15, -0.1) is 11.3 Å². The maximum Gasteiger partial charge on any atom is 0.424 e. The molecule has 10 heteroatoms. The van der Waals surface area contributed by atoms with E-state index in [1.54, 1.807) is 13.8 Å². The molecule has 2 N–H and O–H groups in total. The van der Waals surface area contributed by atoms with Crippen molar-refractivity contribution >= 4 is 17.2 Å². The number of nitrogens with zero attached hydrogens (tertiary/aromatic N) is 2. The summed E-state index contributed by atoms with van der Waals surface area (Å²) in [7, 11) is 0. The quantitative estimate of drug-likeness (QED) is 0.852. The standard InChI is InChI=1S/C14H16F3N3O3S/c1-7-6-24-12(19-7)13(22,14(15,16)17)4-11(21)18-5-10-8(2)20-23-9(10)3/h6,22H,4-5H2,1-3H3,(H,18,21). The summed E-state index contributed by atoms with van der Waals surface area (Å²) in [6, 6.07) is 0. The van der Waals surface area contributed by atoms with Crippen LogP contribution < -0.4 is 5.32 Å². The summed E-state index contributed by atoms with van der Waals surface area (Å²) >= 11 is 0.660. The molecule has 2 aromatic heterocycles. The van der Waals surface area contributed by atoms with E-state index >= 15 is 0 Å². The van der Waals surface area contributed by atoms with Gasteiger partial charge in [-0.3, -0.25) is 4.79 Å². The number of amides is 1. The Kier molecular flexibility index (Phi) is 5.00. The molecule has 0 spiro atoms. The van der Waals surface area contributed by atoms with Gasteiger partial charge in [-0.1, -0.05) is 5.16 Å². The van der Waals surface area contributed by atoms with Gasteiger partial charge in [-0.05, 0) is 20.8 Å². The van der Waals surface area contributed by atoms with Crippen molar-refractivity contribution in [2.75, 3.05) is 0 Å². The lowest BCUT2D eigenvalue weighted by molar-refractivity contribution is -0.267. The average molecular weight is 363 g/mol. The number of thiazole rings is 1. The van der Waals surface area contributed by atoms with Crippen molar-refractivity contribution < 1.29 is 27.6 Å². The number of hydrogen-bond donors (Lipinski definition) is 2. The Morgan fingerprint density at radius 2 is 2.04 bits per heavy atom. The van der Waals surface area contributed by atoms with E-state index in [0.717, 1.165) is 0 Å². The molecule has 6 nitrogen and oxygen atoms in total. The summed E-state index contributed by atoms with van der Waals surface area (Å²) < 4.78 is 44.9. The number of halogens is 3. The van der Waals surface area contributed by atoms with Gasteiger partial charge < -0.3 is 14.9 Å². The van der Waals surface area contributed by atoms with Gasteiger partial charge in [0.2, 0.25) is 11.5 Å². The van der Waals surface area contributed by atoms with Crippen LogP contribution in [0.15, 0.2) is 9.90 Å². The number of hydrogen-bond acceptors (Lipinski definition) is 6. The molecule has 0 aliphatic carbocycles. The summed E-state index contributed by atoms with van der Waals surface area (Å²) in [6.45, 7) is 4.76. The second-order valence-electron chi connectivity index (χ2n) is 5.41. The maximum atomic E-state index is 13.3. The van der Waals surface area contributed by atoms with E-state index in [-0.39, 0.29) is 6.54 Å². The van der Waals surface area contributed by atoms with Crippen molar-refractivity contribution in [3.8, 4) is 0 Å². The van der Waals surface area contributed by atoms with E-state index in [1.807, 2.05) is 0 Å². The van der Waals surface area contributed by atoms with Crippen LogP contribution in [0.1, 0.15) is 34.1 Å². The molecule has 0 aliphatic rings. The Hall–Kier alpha value is -1.94. The molecule has 0 saturated carbocycles. The zero-order chi connectivity index (χ0) is 18.1. The Bertz CT molecular complexity index is 722. The minimum Gasteiger partial charge on any atom is -0.374 e. The first-order chi connectivity index (χ1) is 11.0. The largest absolute Gasteiger partial charge is 0.424 e. The molecular formula is C14H16F3N3O3S. The summed E-state index contributed by atoms with van der Waals surface area (Å²) in [5.41, 5.74) is -1.86. The van der Waals surface area contributed by atoms with Crippen LogP contribution in [-0.4, -0.2) is 27.3 Å². The summed E-state index contributed by atoms with van der Waals surface area (Å²) in [4.78, 5) is 15.6. The monoisotopic (exact) mass is 363 g/mol. The topological polar surface area (TPSA) is 88.2 Å². The van der Waals surface area contributed by atoms with E-state index in [4.69, 9.17) is 4.52 Å². The highest BCUT2D eigenvalue weighted by molar-refractivity contribution is 7.09. The first-order valence-corrected chi connectivity index (χ1v) is 7.82. The second-order valence-corrected chi connectivity index (χ2v) is 6.27. The lowest BCUT2D eigenvalue weighted by Crippen LogP contribution is -2.46. The van der Waals surface area contributed by atoms with Crippen LogP contribution in [0.5, 0.6) is 0 Å². The molecule has 0 fully saturated rings. The number of carbonyl (C=O) groups excluding carboxylic acids is 1. The van der Waals surface area contributed by atoms with Gasteiger partial charge in [-0.2, -0.15) is 13.2 Å². The van der Waals surface area contributed by atoms with Crippen molar-refractivity contribution in [2.45, 2.75) is 45.5 Å². The molecule has 24 heavy (non-hydrogen) atoms. The highest BCUT2D eigenvalue weighted by atomic mass is 32.1. The fourth-order valence-corrected chi connectivity index (χ4v) is 2.99. The van der Waals surface area contributed by atoms with Gasteiger partial charge in [0.25, 0.3) is 0 Å². The first kappa shape index (κ1) is 18.4. The molecule has 132 valence electrons. The summed E-state index contributed by atoms with van der Waals surface area (Å²) in [6.07, 6.45) is -6.20. The van der Waals surface area contributed by atoms with E-state index in [1.165, 1.54) is 12.3 Å². The van der Waals surface area contributed by atoms with Gasteiger partial charge in [0.15, 0.2) is 0 Å². The molecule has 0 aliphatic heterocycles. The van der Waals surface area contributed by atoms with Crippen molar-refractivity contribution in [3.63, 3.8) is 0 Å². The zero-order valence-corrected chi connectivity index (χ0v) is 14.0. The first-order valence-electron chi connectivity index (χ1n) is 6.94. The van der Waals surface area contributed by atoms with Gasteiger partial charge >= 0.3 is 6.18 Å². The maximum absolute atomic E-state index is 13.3. The van der Waals surface area contributed by atoms with Crippen LogP contribution in [0.3, 0.4) is 0 Å². The number of carbonyl (C=O) groups is 1. The predicted molar refractivity (Wildman–Crippen MR) is 79.2 cm³/mol. The van der Waals surface area contributed by atoms with Gasteiger partial charge in [0, 0.05) is 23.2 Å². The zero-order valence-electron chi connectivity index (χ0n) is 13.2. The average Bonchev–Trinajstić information content (AvgIpc) is 3.03. The lowest BCUT2D eigenvalue weighted by atomic mass is 9.99. The normalized spacial score (nSPS) is 14.5. The number of aliphatic hydroxyl groups is 1. The van der Waals surface area contributed by atoms with Crippen LogP contribution >= 0.6 is 11.3 Å². The molecule has 1 atom stereocenters. The number of nitrogens with one attached hydrogen (secondary N) is 1. The third kappa shape index (κ3) is 3.59. The molecule has 0 saturated heterocycles. The van der Waals surface area contributed by atoms with Crippen LogP contribution in [0, 0.1) is 20.8 Å². The Morgan fingerprint density at radius 1 is 1.38 bits per heavy atom. The van der Waals surface area contributed by atoms with Crippen LogP contribution in [0.2, 0.25) is 0 Å². The fraction of sp³-hybridized carbons (Fsp3) is 0.500. The molecule has 2 aromatic rings.